The highest BCUT2D eigenvalue weighted by molar-refractivity contribution is 7.98. The molecular weight excluding hydrogens is 414 g/mol. The van der Waals surface area contributed by atoms with Gasteiger partial charge in [0.05, 0.1) is 35.3 Å². The molecule has 0 saturated carbocycles. The van der Waals surface area contributed by atoms with Crippen molar-refractivity contribution in [3.05, 3.63) is 89.4 Å². The lowest BCUT2D eigenvalue weighted by Gasteiger charge is -2.13. The van der Waals surface area contributed by atoms with Crippen LogP contribution in [0.15, 0.2) is 76.2 Å². The average molecular weight is 436 g/mol. The molecule has 3 aromatic rings. The zero-order valence-corrected chi connectivity index (χ0v) is 17.6. The maximum atomic E-state index is 12.5. The van der Waals surface area contributed by atoms with E-state index < -0.39 is 0 Å². The van der Waals surface area contributed by atoms with Crippen LogP contribution in [0, 0.1) is 0 Å². The van der Waals surface area contributed by atoms with Gasteiger partial charge in [-0.2, -0.15) is 0 Å². The molecule has 31 heavy (non-hydrogen) atoms. The molecule has 2 aromatic carbocycles. The minimum atomic E-state index is -0.386. The normalized spacial score (nSPS) is 12.8. The Labute approximate surface area is 184 Å². The van der Waals surface area contributed by atoms with Crippen molar-refractivity contribution in [2.24, 2.45) is 0 Å². The van der Waals surface area contributed by atoms with Crippen molar-refractivity contribution < 1.29 is 23.5 Å². The standard InChI is InChI=1S/C24H21NO5S/c26-22-18-9-1-2-10-19(18)23(27)25(22)13-5-6-14-30-24(28)20-11-3-4-12-21(20)31-16-17-8-7-15-29-17/h1-4,7-12,15H,5-6,13-14,16H2. The van der Waals surface area contributed by atoms with Gasteiger partial charge in [0, 0.05) is 11.4 Å². The minimum Gasteiger partial charge on any atom is -0.468 e. The van der Waals surface area contributed by atoms with Gasteiger partial charge in [-0.15, -0.1) is 11.8 Å². The number of imide groups is 1. The number of hydrogen-bond donors (Lipinski definition) is 0. The van der Waals surface area contributed by atoms with Crippen molar-refractivity contribution in [2.45, 2.75) is 23.5 Å². The van der Waals surface area contributed by atoms with Crippen LogP contribution in [0.25, 0.3) is 0 Å². The number of amides is 2. The number of esters is 1. The fourth-order valence-electron chi connectivity index (χ4n) is 3.36. The zero-order valence-electron chi connectivity index (χ0n) is 16.8. The van der Waals surface area contributed by atoms with Gasteiger partial charge >= 0.3 is 5.97 Å². The second-order valence-corrected chi connectivity index (χ2v) is 8.03. The first-order chi connectivity index (χ1) is 15.1. The SMILES string of the molecule is O=C(OCCCCN1C(=O)c2ccccc2C1=O)c1ccccc1SCc1ccco1. The summed E-state index contributed by atoms with van der Waals surface area (Å²) in [5.41, 5.74) is 1.41. The number of fused-ring (bicyclic) bond motifs is 1. The number of thioether (sulfide) groups is 1. The third-order valence-electron chi connectivity index (χ3n) is 4.94. The number of hydrogen-bond acceptors (Lipinski definition) is 6. The molecule has 6 nitrogen and oxygen atoms in total. The number of rotatable bonds is 9. The van der Waals surface area contributed by atoms with Gasteiger partial charge in [0.2, 0.25) is 0 Å². The Morgan fingerprint density at radius 2 is 1.61 bits per heavy atom. The Bertz CT molecular complexity index is 1060. The molecule has 0 bridgehead atoms. The van der Waals surface area contributed by atoms with Crippen molar-refractivity contribution in [1.29, 1.82) is 0 Å². The molecule has 2 heterocycles. The summed E-state index contributed by atoms with van der Waals surface area (Å²) >= 11 is 1.51. The maximum Gasteiger partial charge on any atom is 0.339 e. The number of benzene rings is 2. The number of unbranched alkanes of at least 4 members (excludes halogenated alkanes) is 1. The molecule has 1 aliphatic rings. The van der Waals surface area contributed by atoms with Gasteiger partial charge in [-0.05, 0) is 49.2 Å². The van der Waals surface area contributed by atoms with Crippen LogP contribution in [0.1, 0.15) is 49.7 Å². The number of carbonyl (C=O) groups is 3. The summed E-state index contributed by atoms with van der Waals surface area (Å²) in [6, 6.07) is 17.9. The maximum absolute atomic E-state index is 12.5. The van der Waals surface area contributed by atoms with Crippen LogP contribution >= 0.6 is 11.8 Å². The largest absolute Gasteiger partial charge is 0.468 e. The first-order valence-electron chi connectivity index (χ1n) is 10.0. The fraction of sp³-hybridized carbons (Fsp3) is 0.208. The van der Waals surface area contributed by atoms with Gasteiger partial charge in [0.25, 0.3) is 11.8 Å². The Morgan fingerprint density at radius 1 is 0.903 bits per heavy atom. The lowest BCUT2D eigenvalue weighted by Crippen LogP contribution is -2.30. The number of nitrogens with zero attached hydrogens (tertiary/aromatic N) is 1. The quantitative estimate of drug-likeness (QED) is 0.208. The van der Waals surface area contributed by atoms with Crippen LogP contribution in [0.5, 0.6) is 0 Å². The highest BCUT2D eigenvalue weighted by Crippen LogP contribution is 2.27. The van der Waals surface area contributed by atoms with E-state index in [1.807, 2.05) is 24.3 Å². The molecule has 158 valence electrons. The molecule has 0 fully saturated rings. The molecule has 0 atom stereocenters. The second-order valence-electron chi connectivity index (χ2n) is 7.01. The van der Waals surface area contributed by atoms with E-state index in [9.17, 15) is 14.4 Å². The molecular formula is C24H21NO5S. The van der Waals surface area contributed by atoms with Gasteiger partial charge in [-0.3, -0.25) is 14.5 Å². The van der Waals surface area contributed by atoms with Crippen LogP contribution in [0.3, 0.4) is 0 Å². The monoisotopic (exact) mass is 435 g/mol. The molecule has 2 amide bonds. The van der Waals surface area contributed by atoms with Crippen LogP contribution in [-0.2, 0) is 10.5 Å². The molecule has 0 unspecified atom stereocenters. The summed E-state index contributed by atoms with van der Waals surface area (Å²) in [5.74, 6) is 0.544. The van der Waals surface area contributed by atoms with Gasteiger partial charge in [-0.1, -0.05) is 24.3 Å². The van der Waals surface area contributed by atoms with Crippen molar-refractivity contribution >= 4 is 29.5 Å². The molecule has 1 aliphatic heterocycles. The molecule has 0 saturated heterocycles. The van der Waals surface area contributed by atoms with E-state index in [4.69, 9.17) is 9.15 Å². The number of carbonyl (C=O) groups excluding carboxylic acids is 3. The van der Waals surface area contributed by atoms with E-state index in [0.717, 1.165) is 10.7 Å². The lowest BCUT2D eigenvalue weighted by atomic mass is 10.1. The molecule has 0 aliphatic carbocycles. The predicted octanol–water partition coefficient (Wildman–Crippen LogP) is 4.81. The summed E-state index contributed by atoms with van der Waals surface area (Å²) in [7, 11) is 0. The molecule has 0 N–H and O–H groups in total. The number of ether oxygens (including phenoxy) is 1. The van der Waals surface area contributed by atoms with Gasteiger partial charge in [0.15, 0.2) is 0 Å². The molecule has 4 rings (SSSR count). The summed E-state index contributed by atoms with van der Waals surface area (Å²) in [6.07, 6.45) is 2.74. The molecule has 1 aromatic heterocycles. The van der Waals surface area contributed by atoms with E-state index in [1.54, 1.807) is 42.7 Å². The summed E-state index contributed by atoms with van der Waals surface area (Å²) < 4.78 is 10.8. The van der Waals surface area contributed by atoms with E-state index in [-0.39, 0.29) is 24.4 Å². The first-order valence-corrected chi connectivity index (χ1v) is 11.0. The van der Waals surface area contributed by atoms with E-state index in [2.05, 4.69) is 0 Å². The van der Waals surface area contributed by atoms with Crippen LogP contribution in [0.4, 0.5) is 0 Å². The fourth-order valence-corrected chi connectivity index (χ4v) is 4.31. The highest BCUT2D eigenvalue weighted by atomic mass is 32.2. The van der Waals surface area contributed by atoms with Crippen LogP contribution in [0.2, 0.25) is 0 Å². The summed E-state index contributed by atoms with van der Waals surface area (Å²) in [5, 5.41) is 0. The van der Waals surface area contributed by atoms with Crippen molar-refractivity contribution in [1.82, 2.24) is 4.90 Å². The molecule has 0 spiro atoms. The van der Waals surface area contributed by atoms with Crippen molar-refractivity contribution in [3.63, 3.8) is 0 Å². The van der Waals surface area contributed by atoms with Gasteiger partial charge < -0.3 is 9.15 Å². The third-order valence-corrected chi connectivity index (χ3v) is 6.04. The predicted molar refractivity (Wildman–Crippen MR) is 116 cm³/mol. The Kier molecular flexibility index (Phi) is 6.52. The van der Waals surface area contributed by atoms with Crippen LogP contribution in [-0.4, -0.2) is 35.8 Å². The third kappa shape index (κ3) is 4.72. The summed E-state index contributed by atoms with van der Waals surface area (Å²) in [6.45, 7) is 0.526. The van der Waals surface area contributed by atoms with Crippen LogP contribution < -0.4 is 0 Å². The van der Waals surface area contributed by atoms with Crippen molar-refractivity contribution in [3.8, 4) is 0 Å². The Morgan fingerprint density at radius 3 is 2.32 bits per heavy atom. The van der Waals surface area contributed by atoms with E-state index >= 15 is 0 Å². The number of furan rings is 1. The Balaban J connectivity index is 1.24. The second kappa shape index (κ2) is 9.66. The van der Waals surface area contributed by atoms with Gasteiger partial charge in [-0.25, -0.2) is 4.79 Å². The average Bonchev–Trinajstić information content (AvgIpc) is 3.40. The smallest absolute Gasteiger partial charge is 0.339 e. The summed E-state index contributed by atoms with van der Waals surface area (Å²) in [4.78, 5) is 39.3. The zero-order chi connectivity index (χ0) is 21.6. The highest BCUT2D eigenvalue weighted by Gasteiger charge is 2.34. The van der Waals surface area contributed by atoms with E-state index in [1.165, 1.54) is 16.7 Å². The molecule has 7 heteroatoms. The van der Waals surface area contributed by atoms with Gasteiger partial charge in [0.1, 0.15) is 5.76 Å². The van der Waals surface area contributed by atoms with E-state index in [0.29, 0.717) is 41.8 Å². The molecule has 0 radical (unpaired) electrons. The Hall–Kier alpha value is -3.32. The van der Waals surface area contributed by atoms with Crippen molar-refractivity contribution in [2.75, 3.05) is 13.2 Å². The topological polar surface area (TPSA) is 76.8 Å². The minimum absolute atomic E-state index is 0.221. The lowest BCUT2D eigenvalue weighted by molar-refractivity contribution is 0.0482. The first kappa shape index (κ1) is 20.9.